The van der Waals surface area contributed by atoms with E-state index < -0.39 is 0 Å². The lowest BCUT2D eigenvalue weighted by molar-refractivity contribution is -0.133. The molecule has 10 heteroatoms. The molecule has 5 N–H and O–H groups in total. The highest BCUT2D eigenvalue weighted by atomic mass is 16.5. The van der Waals surface area contributed by atoms with Gasteiger partial charge in [-0.25, -0.2) is 4.98 Å². The van der Waals surface area contributed by atoms with Crippen LogP contribution in [-0.4, -0.2) is 49.0 Å². The van der Waals surface area contributed by atoms with E-state index in [1.807, 2.05) is 50.3 Å². The smallest absolute Gasteiger partial charge is 0.273 e. The summed E-state index contributed by atoms with van der Waals surface area (Å²) in [5, 5.41) is 12.0. The molecule has 3 unspecified atom stereocenters. The third-order valence-corrected chi connectivity index (χ3v) is 6.03. The minimum Gasteiger partial charge on any atom is -0.394 e. The van der Waals surface area contributed by atoms with Gasteiger partial charge >= 0.3 is 0 Å². The van der Waals surface area contributed by atoms with Gasteiger partial charge in [-0.15, -0.1) is 0 Å². The van der Waals surface area contributed by atoms with Crippen LogP contribution in [0.5, 0.6) is 0 Å². The van der Waals surface area contributed by atoms with Crippen LogP contribution in [-0.2, 0) is 22.7 Å². The van der Waals surface area contributed by atoms with Crippen LogP contribution in [0.1, 0.15) is 50.8 Å². The van der Waals surface area contributed by atoms with Crippen LogP contribution >= 0.6 is 0 Å². The lowest BCUT2D eigenvalue weighted by atomic mass is 9.85. The third kappa shape index (κ3) is 9.22. The van der Waals surface area contributed by atoms with Gasteiger partial charge in [0.05, 0.1) is 37.0 Å². The summed E-state index contributed by atoms with van der Waals surface area (Å²) in [6, 6.07) is 11.3. The molecule has 204 valence electrons. The van der Waals surface area contributed by atoms with Crippen molar-refractivity contribution < 1.29 is 9.53 Å². The molecule has 0 bridgehead atoms. The molecule has 0 saturated heterocycles. The van der Waals surface area contributed by atoms with Crippen molar-refractivity contribution in [3.8, 4) is 0 Å². The number of rotatable bonds is 12. The van der Waals surface area contributed by atoms with Crippen LogP contribution in [0, 0.1) is 5.92 Å². The molecule has 2 aromatic rings. The second kappa shape index (κ2) is 16.4. The molecule has 1 saturated carbocycles. The van der Waals surface area contributed by atoms with E-state index in [2.05, 4.69) is 31.7 Å². The second-order valence-electron chi connectivity index (χ2n) is 8.48. The number of nitrogens with one attached hydrogen (secondary N) is 5. The number of aromatic nitrogens is 2. The van der Waals surface area contributed by atoms with E-state index >= 15 is 0 Å². The number of benzene rings is 1. The van der Waals surface area contributed by atoms with E-state index in [1.54, 1.807) is 27.3 Å². The van der Waals surface area contributed by atoms with Crippen LogP contribution in [0.15, 0.2) is 53.5 Å². The van der Waals surface area contributed by atoms with Crippen molar-refractivity contribution in [2.24, 2.45) is 5.92 Å². The summed E-state index contributed by atoms with van der Waals surface area (Å²) in [5.74, 6) is 0.108. The molecule has 1 aliphatic rings. The van der Waals surface area contributed by atoms with Crippen molar-refractivity contribution in [3.05, 3.63) is 70.3 Å². The second-order valence-corrected chi connectivity index (χ2v) is 8.48. The highest BCUT2D eigenvalue weighted by Crippen LogP contribution is 2.28. The van der Waals surface area contributed by atoms with Gasteiger partial charge in [0.15, 0.2) is 0 Å². The van der Waals surface area contributed by atoms with Gasteiger partial charge in [0.1, 0.15) is 0 Å². The van der Waals surface area contributed by atoms with Gasteiger partial charge in [0, 0.05) is 20.2 Å². The summed E-state index contributed by atoms with van der Waals surface area (Å²) in [5.41, 5.74) is 4.45. The number of anilines is 1. The zero-order valence-electron chi connectivity index (χ0n) is 22.7. The Bertz CT molecular complexity index is 1030. The number of ether oxygens (including phenoxy) is 1. The molecule has 1 heterocycles. The third-order valence-electron chi connectivity index (χ3n) is 6.03. The minimum absolute atomic E-state index is 0.0424. The summed E-state index contributed by atoms with van der Waals surface area (Å²) in [6.45, 7) is 4.65. The van der Waals surface area contributed by atoms with E-state index in [0.717, 1.165) is 31.2 Å². The Hall–Kier alpha value is -3.37. The van der Waals surface area contributed by atoms with E-state index in [4.69, 9.17) is 4.74 Å². The topological polar surface area (TPSA) is 121 Å². The van der Waals surface area contributed by atoms with Crippen molar-refractivity contribution in [2.45, 2.75) is 65.0 Å². The summed E-state index contributed by atoms with van der Waals surface area (Å²) in [7, 11) is 5.32. The van der Waals surface area contributed by atoms with Crippen LogP contribution < -0.4 is 32.3 Å². The molecule has 1 amide bonds. The maximum Gasteiger partial charge on any atom is 0.273 e. The van der Waals surface area contributed by atoms with Crippen LogP contribution in [0.4, 0.5) is 5.95 Å². The zero-order valence-corrected chi connectivity index (χ0v) is 22.7. The first-order valence-corrected chi connectivity index (χ1v) is 13.1. The first-order chi connectivity index (χ1) is 18.0. The summed E-state index contributed by atoms with van der Waals surface area (Å²) in [4.78, 5) is 30.3. The normalized spacial score (nSPS) is 17.9. The van der Waals surface area contributed by atoms with E-state index in [0.29, 0.717) is 18.2 Å². The van der Waals surface area contributed by atoms with Gasteiger partial charge in [0.25, 0.3) is 5.56 Å². The highest BCUT2D eigenvalue weighted by Gasteiger charge is 2.32. The summed E-state index contributed by atoms with van der Waals surface area (Å²) in [6.07, 6.45) is 6.68. The van der Waals surface area contributed by atoms with Crippen LogP contribution in [0.2, 0.25) is 0 Å². The Morgan fingerprint density at radius 3 is 2.57 bits per heavy atom. The molecule has 3 rings (SSSR count). The molecule has 10 nitrogen and oxygen atoms in total. The predicted molar refractivity (Wildman–Crippen MR) is 149 cm³/mol. The minimum atomic E-state index is -0.270. The van der Waals surface area contributed by atoms with Crippen molar-refractivity contribution in [3.63, 3.8) is 0 Å². The van der Waals surface area contributed by atoms with Gasteiger partial charge in [-0.1, -0.05) is 57.0 Å². The molecule has 1 aromatic carbocycles. The number of amides is 1. The first kappa shape index (κ1) is 29.9. The molecular formula is C27H43N7O3. The number of carbonyl (C=O) groups is 1. The van der Waals surface area contributed by atoms with E-state index in [1.165, 1.54) is 10.7 Å². The van der Waals surface area contributed by atoms with Crippen molar-refractivity contribution in [2.75, 3.05) is 31.9 Å². The van der Waals surface area contributed by atoms with Gasteiger partial charge < -0.3 is 26.1 Å². The van der Waals surface area contributed by atoms with Gasteiger partial charge in [-0.2, -0.15) is 4.68 Å². The number of hydrogen-bond acceptors (Lipinski definition) is 8. The molecule has 0 aliphatic heterocycles. The molecule has 1 aromatic heterocycles. The molecule has 37 heavy (non-hydrogen) atoms. The largest absolute Gasteiger partial charge is 0.394 e. The zero-order chi connectivity index (χ0) is 27.0. The Kier molecular flexibility index (Phi) is 13.2. The SMILES string of the molecule is CC.CN/C=C\C(NC)NC(=O)C1CCCCC1OCc1cc(=O)n(NCc2ccccc2)c(NC)n1. The Labute approximate surface area is 220 Å². The van der Waals surface area contributed by atoms with Crippen molar-refractivity contribution >= 4 is 11.9 Å². The quantitative estimate of drug-likeness (QED) is 0.275. The fraction of sp³-hybridized carbons (Fsp3) is 0.519. The lowest BCUT2D eigenvalue weighted by Crippen LogP contribution is -2.48. The van der Waals surface area contributed by atoms with Crippen molar-refractivity contribution in [1.29, 1.82) is 0 Å². The Morgan fingerprint density at radius 2 is 1.89 bits per heavy atom. The van der Waals surface area contributed by atoms with Gasteiger partial charge in [-0.3, -0.25) is 14.9 Å². The number of hydrogen-bond donors (Lipinski definition) is 5. The summed E-state index contributed by atoms with van der Waals surface area (Å²) >= 11 is 0. The first-order valence-electron chi connectivity index (χ1n) is 13.1. The van der Waals surface area contributed by atoms with E-state index in [-0.39, 0.29) is 36.3 Å². The summed E-state index contributed by atoms with van der Waals surface area (Å²) < 4.78 is 7.55. The monoisotopic (exact) mass is 513 g/mol. The molecule has 1 aliphatic carbocycles. The lowest BCUT2D eigenvalue weighted by Gasteiger charge is -2.31. The maximum absolute atomic E-state index is 13.0. The molecular weight excluding hydrogens is 470 g/mol. The molecule has 1 fully saturated rings. The number of carbonyl (C=O) groups excluding carboxylic acids is 1. The van der Waals surface area contributed by atoms with Crippen LogP contribution in [0.3, 0.4) is 0 Å². The average molecular weight is 514 g/mol. The van der Waals surface area contributed by atoms with E-state index in [9.17, 15) is 9.59 Å². The fourth-order valence-electron chi connectivity index (χ4n) is 4.15. The van der Waals surface area contributed by atoms with Gasteiger partial charge in [-0.05, 0) is 37.7 Å². The maximum atomic E-state index is 13.0. The standard InChI is InChI=1S/C25H37N7O3.C2H6/c1-26-14-13-22(27-2)31-24(34)20-11-7-8-12-21(20)35-17-19-15-23(33)32(25(28-3)30-19)29-16-18-9-5-4-6-10-18;1-2/h4-6,9-10,13-15,20-22,26-27,29H,7-8,11-12,16-17H2,1-3H3,(H,28,30)(H,31,34);1-2H3/b14-13-;. The number of nitrogens with zero attached hydrogens (tertiary/aromatic N) is 2. The average Bonchev–Trinajstić information content (AvgIpc) is 2.94. The van der Waals surface area contributed by atoms with Crippen LogP contribution in [0.25, 0.3) is 0 Å². The van der Waals surface area contributed by atoms with Crippen molar-refractivity contribution in [1.82, 2.24) is 25.6 Å². The Morgan fingerprint density at radius 1 is 1.16 bits per heavy atom. The number of likely N-dealkylation sites (N-methyl/N-ethyl adjacent to an activating group) is 1. The fourth-order valence-corrected chi connectivity index (χ4v) is 4.15. The highest BCUT2D eigenvalue weighted by molar-refractivity contribution is 5.79. The predicted octanol–water partition coefficient (Wildman–Crippen LogP) is 2.53. The Balaban J connectivity index is 0.00000235. The molecule has 0 radical (unpaired) electrons. The molecule has 3 atom stereocenters. The van der Waals surface area contributed by atoms with Gasteiger partial charge in [0.2, 0.25) is 11.9 Å². The molecule has 0 spiro atoms.